The second-order valence-electron chi connectivity index (χ2n) is 3.98. The monoisotopic (exact) mass is 304 g/mol. The van der Waals surface area contributed by atoms with Gasteiger partial charge in [0.1, 0.15) is 11.5 Å². The molecule has 0 unspecified atom stereocenters. The molecule has 0 aliphatic carbocycles. The predicted molar refractivity (Wildman–Crippen MR) is 65.2 cm³/mol. The van der Waals surface area contributed by atoms with E-state index in [0.717, 1.165) is 0 Å². The molecule has 0 radical (unpaired) electrons. The van der Waals surface area contributed by atoms with Gasteiger partial charge in [0.25, 0.3) is 0 Å². The van der Waals surface area contributed by atoms with Crippen molar-refractivity contribution in [3.05, 3.63) is 48.5 Å². The molecular formula is C14H9F5O2. The Kier molecular flexibility index (Phi) is 4.30. The van der Waals surface area contributed by atoms with Crippen molar-refractivity contribution in [3.63, 3.8) is 0 Å². The highest BCUT2D eigenvalue weighted by Crippen LogP contribution is 2.27. The van der Waals surface area contributed by atoms with Crippen LogP contribution >= 0.6 is 0 Å². The maximum absolute atomic E-state index is 12.0. The topological polar surface area (TPSA) is 18.5 Å². The van der Waals surface area contributed by atoms with Gasteiger partial charge in [-0.3, -0.25) is 0 Å². The van der Waals surface area contributed by atoms with Crippen LogP contribution in [0.25, 0.3) is 11.1 Å². The summed E-state index contributed by atoms with van der Waals surface area (Å²) >= 11 is 0. The molecule has 21 heavy (non-hydrogen) atoms. The van der Waals surface area contributed by atoms with E-state index >= 15 is 0 Å². The molecule has 2 nitrogen and oxygen atoms in total. The first-order valence-electron chi connectivity index (χ1n) is 5.74. The van der Waals surface area contributed by atoms with E-state index in [0.29, 0.717) is 11.1 Å². The lowest BCUT2D eigenvalue weighted by Crippen LogP contribution is -2.16. The Morgan fingerprint density at radius 1 is 0.714 bits per heavy atom. The minimum Gasteiger partial charge on any atom is -0.435 e. The van der Waals surface area contributed by atoms with Gasteiger partial charge in [-0.2, -0.15) is 8.78 Å². The van der Waals surface area contributed by atoms with Gasteiger partial charge >= 0.3 is 13.0 Å². The largest absolute Gasteiger partial charge is 0.573 e. The summed E-state index contributed by atoms with van der Waals surface area (Å²) in [7, 11) is 0. The van der Waals surface area contributed by atoms with Crippen LogP contribution in [-0.4, -0.2) is 13.0 Å². The van der Waals surface area contributed by atoms with E-state index in [-0.39, 0.29) is 11.5 Å². The van der Waals surface area contributed by atoms with Crippen LogP contribution in [0.15, 0.2) is 48.5 Å². The van der Waals surface area contributed by atoms with Gasteiger partial charge in [0.15, 0.2) is 0 Å². The zero-order valence-corrected chi connectivity index (χ0v) is 10.4. The van der Waals surface area contributed by atoms with Crippen LogP contribution < -0.4 is 9.47 Å². The SMILES string of the molecule is FC(F)Oc1ccc(-c2ccc(OC(F)(F)F)cc2)cc1. The molecule has 7 heteroatoms. The molecule has 0 aliphatic heterocycles. The molecule has 0 heterocycles. The lowest BCUT2D eigenvalue weighted by molar-refractivity contribution is -0.274. The molecule has 0 saturated carbocycles. The van der Waals surface area contributed by atoms with E-state index in [9.17, 15) is 22.0 Å². The van der Waals surface area contributed by atoms with Gasteiger partial charge < -0.3 is 9.47 Å². The molecule has 0 spiro atoms. The van der Waals surface area contributed by atoms with Gasteiger partial charge in [0.05, 0.1) is 0 Å². The lowest BCUT2D eigenvalue weighted by Gasteiger charge is -2.10. The minimum absolute atomic E-state index is 0.00535. The van der Waals surface area contributed by atoms with Crippen molar-refractivity contribution in [2.45, 2.75) is 13.0 Å². The summed E-state index contributed by atoms with van der Waals surface area (Å²) < 4.78 is 68.0. The number of alkyl halides is 5. The summed E-state index contributed by atoms with van der Waals surface area (Å²) in [6, 6.07) is 11.0. The van der Waals surface area contributed by atoms with Crippen molar-refractivity contribution in [3.8, 4) is 22.6 Å². The fraction of sp³-hybridized carbons (Fsp3) is 0.143. The van der Waals surface area contributed by atoms with Crippen molar-refractivity contribution in [1.82, 2.24) is 0 Å². The summed E-state index contributed by atoms with van der Waals surface area (Å²) in [6.45, 7) is -2.91. The van der Waals surface area contributed by atoms with E-state index in [1.807, 2.05) is 0 Å². The fourth-order valence-electron chi connectivity index (χ4n) is 1.68. The zero-order chi connectivity index (χ0) is 15.5. The van der Waals surface area contributed by atoms with Gasteiger partial charge in [-0.25, -0.2) is 0 Å². The van der Waals surface area contributed by atoms with Crippen LogP contribution in [-0.2, 0) is 0 Å². The van der Waals surface area contributed by atoms with Crippen LogP contribution in [0.1, 0.15) is 0 Å². The van der Waals surface area contributed by atoms with Crippen molar-refractivity contribution in [2.24, 2.45) is 0 Å². The average Bonchev–Trinajstić information content (AvgIpc) is 2.38. The fourth-order valence-corrected chi connectivity index (χ4v) is 1.68. The Hall–Kier alpha value is -2.31. The summed E-state index contributed by atoms with van der Waals surface area (Å²) in [5.74, 6) is -0.324. The van der Waals surface area contributed by atoms with E-state index in [1.54, 1.807) is 0 Å². The first-order chi connectivity index (χ1) is 9.83. The molecule has 0 N–H and O–H groups in total. The third-order valence-corrected chi connectivity index (χ3v) is 2.50. The van der Waals surface area contributed by atoms with Crippen molar-refractivity contribution >= 4 is 0 Å². The van der Waals surface area contributed by atoms with Gasteiger partial charge in [0.2, 0.25) is 0 Å². The maximum Gasteiger partial charge on any atom is 0.573 e. The van der Waals surface area contributed by atoms with E-state index in [1.165, 1.54) is 48.5 Å². The van der Waals surface area contributed by atoms with Crippen molar-refractivity contribution in [1.29, 1.82) is 0 Å². The summed E-state index contributed by atoms with van der Waals surface area (Å²) in [4.78, 5) is 0. The quantitative estimate of drug-likeness (QED) is 0.751. The highest BCUT2D eigenvalue weighted by Gasteiger charge is 2.30. The number of ether oxygens (including phenoxy) is 2. The van der Waals surface area contributed by atoms with Crippen LogP contribution in [0.4, 0.5) is 22.0 Å². The molecule has 0 aromatic heterocycles. The van der Waals surface area contributed by atoms with Crippen LogP contribution in [0.5, 0.6) is 11.5 Å². The third kappa shape index (κ3) is 4.62. The first-order valence-corrected chi connectivity index (χ1v) is 5.74. The van der Waals surface area contributed by atoms with Crippen LogP contribution in [0.3, 0.4) is 0 Å². The molecule has 2 rings (SSSR count). The van der Waals surface area contributed by atoms with Gasteiger partial charge in [-0.15, -0.1) is 13.2 Å². The number of hydrogen-bond acceptors (Lipinski definition) is 2. The molecular weight excluding hydrogens is 295 g/mol. The summed E-state index contributed by atoms with van der Waals surface area (Å²) in [6.07, 6.45) is -4.74. The van der Waals surface area contributed by atoms with E-state index in [4.69, 9.17) is 0 Å². The highest BCUT2D eigenvalue weighted by atomic mass is 19.4. The minimum atomic E-state index is -4.74. The molecule has 2 aromatic carbocycles. The number of halogens is 5. The zero-order valence-electron chi connectivity index (χ0n) is 10.4. The Morgan fingerprint density at radius 2 is 1.14 bits per heavy atom. The molecule has 112 valence electrons. The highest BCUT2D eigenvalue weighted by molar-refractivity contribution is 5.64. The Bertz CT molecular complexity index is 576. The first kappa shape index (κ1) is 15.1. The second kappa shape index (κ2) is 5.99. The standard InChI is InChI=1S/C14H9F5O2/c15-13(16)20-11-5-1-9(2-6-11)10-3-7-12(8-4-10)21-14(17,18)19/h1-8,13H. The Labute approximate surface area is 116 Å². The van der Waals surface area contributed by atoms with E-state index < -0.39 is 13.0 Å². The summed E-state index contributed by atoms with van der Waals surface area (Å²) in [5.41, 5.74) is 1.27. The third-order valence-electron chi connectivity index (χ3n) is 2.50. The smallest absolute Gasteiger partial charge is 0.435 e. The van der Waals surface area contributed by atoms with Crippen molar-refractivity contribution < 1.29 is 31.4 Å². The van der Waals surface area contributed by atoms with Crippen molar-refractivity contribution in [2.75, 3.05) is 0 Å². The number of hydrogen-bond donors (Lipinski definition) is 0. The predicted octanol–water partition coefficient (Wildman–Crippen LogP) is 4.85. The molecule has 2 aromatic rings. The molecule has 0 aliphatic rings. The molecule has 0 amide bonds. The van der Waals surface area contributed by atoms with Gasteiger partial charge in [0, 0.05) is 0 Å². The maximum atomic E-state index is 12.0. The van der Waals surface area contributed by atoms with Crippen LogP contribution in [0.2, 0.25) is 0 Å². The lowest BCUT2D eigenvalue weighted by atomic mass is 10.1. The molecule has 0 bridgehead atoms. The molecule has 0 atom stereocenters. The number of rotatable bonds is 4. The normalized spacial score (nSPS) is 11.5. The molecule has 0 saturated heterocycles. The second-order valence-corrected chi connectivity index (χ2v) is 3.98. The summed E-state index contributed by atoms with van der Waals surface area (Å²) in [5, 5.41) is 0. The van der Waals surface area contributed by atoms with Gasteiger partial charge in [-0.1, -0.05) is 24.3 Å². The average molecular weight is 304 g/mol. The number of benzene rings is 2. The Balaban J connectivity index is 2.11. The molecule has 0 fully saturated rings. The van der Waals surface area contributed by atoms with Crippen LogP contribution in [0, 0.1) is 0 Å². The van der Waals surface area contributed by atoms with E-state index in [2.05, 4.69) is 9.47 Å². The van der Waals surface area contributed by atoms with Gasteiger partial charge in [-0.05, 0) is 35.4 Å². The Morgan fingerprint density at radius 3 is 1.52 bits per heavy atom.